The highest BCUT2D eigenvalue weighted by Gasteiger charge is 2.17. The zero-order valence-electron chi connectivity index (χ0n) is 12.8. The molecule has 0 saturated carbocycles. The van der Waals surface area contributed by atoms with Crippen LogP contribution >= 0.6 is 11.3 Å². The molecule has 2 rings (SSSR count). The molecule has 2 aromatic rings. The summed E-state index contributed by atoms with van der Waals surface area (Å²) >= 11 is 1.85. The molecule has 2 heterocycles. The molecule has 0 aliphatic carbocycles. The van der Waals surface area contributed by atoms with Gasteiger partial charge in [-0.15, -0.1) is 11.3 Å². The van der Waals surface area contributed by atoms with E-state index in [-0.39, 0.29) is 0 Å². The minimum atomic E-state index is 0.413. The molecule has 0 fully saturated rings. The van der Waals surface area contributed by atoms with Crippen molar-refractivity contribution >= 4 is 11.3 Å². The van der Waals surface area contributed by atoms with Gasteiger partial charge in [-0.1, -0.05) is 13.0 Å². The molecule has 0 N–H and O–H groups in total. The van der Waals surface area contributed by atoms with Gasteiger partial charge < -0.3 is 0 Å². The van der Waals surface area contributed by atoms with Crippen LogP contribution < -0.4 is 0 Å². The lowest BCUT2D eigenvalue weighted by molar-refractivity contribution is 0.266. The van der Waals surface area contributed by atoms with Crippen LogP contribution in [0.4, 0.5) is 0 Å². The van der Waals surface area contributed by atoms with E-state index >= 15 is 0 Å². The summed E-state index contributed by atoms with van der Waals surface area (Å²) in [5.41, 5.74) is 2.34. The number of hydrogen-bond donors (Lipinski definition) is 0. The zero-order chi connectivity index (χ0) is 14.5. The van der Waals surface area contributed by atoms with Gasteiger partial charge in [-0.25, -0.2) is 4.98 Å². The summed E-state index contributed by atoms with van der Waals surface area (Å²) in [5.74, 6) is 0. The van der Waals surface area contributed by atoms with E-state index in [2.05, 4.69) is 48.8 Å². The molecular weight excluding hydrogens is 266 g/mol. The van der Waals surface area contributed by atoms with E-state index in [1.54, 1.807) is 0 Å². The molecule has 1 atom stereocenters. The van der Waals surface area contributed by atoms with Crippen molar-refractivity contribution in [3.8, 4) is 0 Å². The topological polar surface area (TPSA) is 29.0 Å². The van der Waals surface area contributed by atoms with E-state index in [1.807, 2.05) is 29.7 Å². The molecule has 20 heavy (non-hydrogen) atoms. The van der Waals surface area contributed by atoms with Gasteiger partial charge in [0.1, 0.15) is 0 Å². The Morgan fingerprint density at radius 3 is 2.75 bits per heavy atom. The van der Waals surface area contributed by atoms with Crippen LogP contribution in [0.15, 0.2) is 24.4 Å². The average molecular weight is 289 g/mol. The lowest BCUT2D eigenvalue weighted by Crippen LogP contribution is -2.25. The molecule has 1 unspecified atom stereocenters. The monoisotopic (exact) mass is 289 g/mol. The highest BCUT2D eigenvalue weighted by molar-refractivity contribution is 7.11. The van der Waals surface area contributed by atoms with E-state index in [1.165, 1.54) is 15.6 Å². The fourth-order valence-corrected chi connectivity index (χ4v) is 3.36. The van der Waals surface area contributed by atoms with E-state index < -0.39 is 0 Å². The lowest BCUT2D eigenvalue weighted by atomic mass is 10.2. The number of likely N-dealkylation sites (N-methyl/N-ethyl adjacent to an activating group) is 1. The first-order chi connectivity index (χ1) is 9.61. The van der Waals surface area contributed by atoms with E-state index in [4.69, 9.17) is 0 Å². The third-order valence-corrected chi connectivity index (χ3v) is 5.14. The molecule has 0 amide bonds. The Bertz CT molecular complexity index is 536. The molecule has 4 heteroatoms. The van der Waals surface area contributed by atoms with Crippen LogP contribution in [0.5, 0.6) is 0 Å². The molecular formula is C16H23N3S. The summed E-state index contributed by atoms with van der Waals surface area (Å²) in [7, 11) is 2.18. The summed E-state index contributed by atoms with van der Waals surface area (Å²) in [6, 6.07) is 6.51. The van der Waals surface area contributed by atoms with Crippen molar-refractivity contribution < 1.29 is 0 Å². The van der Waals surface area contributed by atoms with E-state index in [0.29, 0.717) is 6.04 Å². The van der Waals surface area contributed by atoms with Gasteiger partial charge in [0, 0.05) is 35.8 Å². The van der Waals surface area contributed by atoms with Crippen molar-refractivity contribution in [3.05, 3.63) is 45.7 Å². The molecule has 0 aliphatic rings. The molecule has 0 spiro atoms. The average Bonchev–Trinajstić information content (AvgIpc) is 2.86. The van der Waals surface area contributed by atoms with Gasteiger partial charge in [0.25, 0.3) is 0 Å². The number of pyridine rings is 1. The van der Waals surface area contributed by atoms with E-state index in [9.17, 15) is 0 Å². The summed E-state index contributed by atoms with van der Waals surface area (Å²) in [6.07, 6.45) is 3.87. The first kappa shape index (κ1) is 15.1. The Labute approximate surface area is 125 Å². The Morgan fingerprint density at radius 2 is 2.15 bits per heavy atom. The minimum absolute atomic E-state index is 0.413. The standard InChI is InChI=1S/C16H23N3S/c1-5-15-18-12(2)16(20-15)13(3)19(4)11-9-14-8-6-7-10-17-14/h6-8,10,13H,5,9,11H2,1-4H3. The first-order valence-corrected chi connectivity index (χ1v) is 7.99. The Kier molecular flexibility index (Phi) is 5.26. The number of hydrogen-bond acceptors (Lipinski definition) is 4. The number of thiazole rings is 1. The van der Waals surface area contributed by atoms with Gasteiger partial charge in [-0.05, 0) is 39.4 Å². The zero-order valence-corrected chi connectivity index (χ0v) is 13.6. The third kappa shape index (κ3) is 3.64. The Morgan fingerprint density at radius 1 is 1.35 bits per heavy atom. The largest absolute Gasteiger partial charge is 0.298 e. The molecule has 0 bridgehead atoms. The van der Waals surface area contributed by atoms with Crippen molar-refractivity contribution in [2.45, 2.75) is 39.7 Å². The second-order valence-electron chi connectivity index (χ2n) is 5.14. The molecule has 0 aliphatic heterocycles. The van der Waals surface area contributed by atoms with Gasteiger partial charge >= 0.3 is 0 Å². The van der Waals surface area contributed by atoms with Crippen molar-refractivity contribution in [2.75, 3.05) is 13.6 Å². The van der Waals surface area contributed by atoms with Crippen molar-refractivity contribution in [1.82, 2.24) is 14.9 Å². The number of nitrogens with zero attached hydrogens (tertiary/aromatic N) is 3. The second kappa shape index (κ2) is 6.95. The second-order valence-corrected chi connectivity index (χ2v) is 6.25. The van der Waals surface area contributed by atoms with Crippen LogP contribution in [0.2, 0.25) is 0 Å². The summed E-state index contributed by atoms with van der Waals surface area (Å²) in [6.45, 7) is 7.56. The van der Waals surface area contributed by atoms with Crippen molar-refractivity contribution in [1.29, 1.82) is 0 Å². The van der Waals surface area contributed by atoms with Crippen LogP contribution in [0.3, 0.4) is 0 Å². The summed E-state index contributed by atoms with van der Waals surface area (Å²) < 4.78 is 0. The van der Waals surface area contributed by atoms with Gasteiger partial charge in [0.05, 0.1) is 10.7 Å². The van der Waals surface area contributed by atoms with Crippen LogP contribution in [-0.2, 0) is 12.8 Å². The van der Waals surface area contributed by atoms with Gasteiger partial charge in [-0.3, -0.25) is 9.88 Å². The number of rotatable bonds is 6. The Hall–Kier alpha value is -1.26. The number of aromatic nitrogens is 2. The fourth-order valence-electron chi connectivity index (χ4n) is 2.24. The van der Waals surface area contributed by atoms with E-state index in [0.717, 1.165) is 25.1 Å². The minimum Gasteiger partial charge on any atom is -0.298 e. The molecule has 0 aromatic carbocycles. The predicted molar refractivity (Wildman–Crippen MR) is 85.2 cm³/mol. The third-order valence-electron chi connectivity index (χ3n) is 3.67. The summed E-state index contributed by atoms with van der Waals surface area (Å²) in [4.78, 5) is 12.8. The van der Waals surface area contributed by atoms with Gasteiger partial charge in [-0.2, -0.15) is 0 Å². The predicted octanol–water partition coefficient (Wildman–Crippen LogP) is 3.64. The highest BCUT2D eigenvalue weighted by atomic mass is 32.1. The van der Waals surface area contributed by atoms with Gasteiger partial charge in [0.15, 0.2) is 0 Å². The molecule has 0 saturated heterocycles. The van der Waals surface area contributed by atoms with Crippen LogP contribution in [-0.4, -0.2) is 28.5 Å². The van der Waals surface area contributed by atoms with Gasteiger partial charge in [0.2, 0.25) is 0 Å². The normalized spacial score (nSPS) is 12.8. The van der Waals surface area contributed by atoms with Crippen LogP contribution in [0.25, 0.3) is 0 Å². The Balaban J connectivity index is 1.97. The summed E-state index contributed by atoms with van der Waals surface area (Å²) in [5, 5.41) is 1.24. The molecule has 2 aromatic heterocycles. The SMILES string of the molecule is CCc1nc(C)c(C(C)N(C)CCc2ccccn2)s1. The quantitative estimate of drug-likeness (QED) is 0.813. The van der Waals surface area contributed by atoms with Crippen molar-refractivity contribution in [3.63, 3.8) is 0 Å². The molecule has 0 radical (unpaired) electrons. The van der Waals surface area contributed by atoms with Crippen LogP contribution in [0.1, 0.15) is 41.2 Å². The maximum absolute atomic E-state index is 4.63. The molecule has 108 valence electrons. The first-order valence-electron chi connectivity index (χ1n) is 7.18. The fraction of sp³-hybridized carbons (Fsp3) is 0.500. The molecule has 3 nitrogen and oxygen atoms in total. The number of aryl methyl sites for hydroxylation is 2. The maximum Gasteiger partial charge on any atom is 0.0928 e. The smallest absolute Gasteiger partial charge is 0.0928 e. The highest BCUT2D eigenvalue weighted by Crippen LogP contribution is 2.28. The van der Waals surface area contributed by atoms with Crippen LogP contribution in [0, 0.1) is 6.92 Å². The maximum atomic E-state index is 4.63. The lowest BCUT2D eigenvalue weighted by Gasteiger charge is -2.24. The van der Waals surface area contributed by atoms with Crippen molar-refractivity contribution in [2.24, 2.45) is 0 Å².